The molecule has 3 N–H and O–H groups in total. The van der Waals surface area contributed by atoms with Crippen molar-refractivity contribution in [2.45, 2.75) is 19.0 Å². The van der Waals surface area contributed by atoms with Gasteiger partial charge in [0.1, 0.15) is 5.82 Å². The lowest BCUT2D eigenvalue weighted by Crippen LogP contribution is -2.04. The molecule has 4 nitrogen and oxygen atoms in total. The SMILES string of the molecule is Nc1ccc(Cc2nc(Cc3ccc(C(F)(F)F)cc3)n[nH]2)cc1. The molecule has 2 aromatic carbocycles. The van der Waals surface area contributed by atoms with Crippen LogP contribution >= 0.6 is 0 Å². The van der Waals surface area contributed by atoms with Crippen LogP contribution in [-0.2, 0) is 19.0 Å². The highest BCUT2D eigenvalue weighted by atomic mass is 19.4. The van der Waals surface area contributed by atoms with Crippen LogP contribution in [0.2, 0.25) is 0 Å². The lowest BCUT2D eigenvalue weighted by Gasteiger charge is -2.06. The number of benzene rings is 2. The Bertz CT molecular complexity index is 805. The predicted molar refractivity (Wildman–Crippen MR) is 84.3 cm³/mol. The summed E-state index contributed by atoms with van der Waals surface area (Å²) in [6, 6.07) is 12.5. The molecular weight excluding hydrogens is 317 g/mol. The average molecular weight is 332 g/mol. The summed E-state index contributed by atoms with van der Waals surface area (Å²) in [7, 11) is 0. The van der Waals surface area contributed by atoms with E-state index < -0.39 is 11.7 Å². The van der Waals surface area contributed by atoms with E-state index in [-0.39, 0.29) is 0 Å². The molecule has 1 heterocycles. The zero-order valence-electron chi connectivity index (χ0n) is 12.6. The Kier molecular flexibility index (Phi) is 4.24. The Hall–Kier alpha value is -2.83. The number of aromatic amines is 1. The van der Waals surface area contributed by atoms with Crippen LogP contribution in [0.3, 0.4) is 0 Å². The summed E-state index contributed by atoms with van der Waals surface area (Å²) in [6.07, 6.45) is -3.37. The van der Waals surface area contributed by atoms with E-state index in [1.807, 2.05) is 24.3 Å². The van der Waals surface area contributed by atoms with Crippen LogP contribution in [0, 0.1) is 0 Å². The van der Waals surface area contributed by atoms with Crippen molar-refractivity contribution < 1.29 is 13.2 Å². The molecule has 0 radical (unpaired) electrons. The number of rotatable bonds is 4. The van der Waals surface area contributed by atoms with E-state index in [9.17, 15) is 13.2 Å². The number of nitrogens with zero attached hydrogens (tertiary/aromatic N) is 2. The van der Waals surface area contributed by atoms with Gasteiger partial charge in [-0.05, 0) is 35.4 Å². The molecule has 0 aliphatic rings. The fourth-order valence-corrected chi connectivity index (χ4v) is 2.32. The van der Waals surface area contributed by atoms with Crippen molar-refractivity contribution in [2.75, 3.05) is 5.73 Å². The van der Waals surface area contributed by atoms with Crippen LogP contribution in [0.5, 0.6) is 0 Å². The normalized spacial score (nSPS) is 11.6. The van der Waals surface area contributed by atoms with Crippen LogP contribution in [0.15, 0.2) is 48.5 Å². The number of alkyl halides is 3. The Labute approximate surface area is 136 Å². The smallest absolute Gasteiger partial charge is 0.399 e. The van der Waals surface area contributed by atoms with Gasteiger partial charge in [-0.2, -0.15) is 18.3 Å². The van der Waals surface area contributed by atoms with Gasteiger partial charge in [0.05, 0.1) is 5.56 Å². The summed E-state index contributed by atoms with van der Waals surface area (Å²) in [5.74, 6) is 1.24. The topological polar surface area (TPSA) is 67.6 Å². The van der Waals surface area contributed by atoms with Crippen molar-refractivity contribution in [3.8, 4) is 0 Å². The lowest BCUT2D eigenvalue weighted by molar-refractivity contribution is -0.137. The number of anilines is 1. The minimum absolute atomic E-state index is 0.371. The van der Waals surface area contributed by atoms with E-state index in [0.717, 1.165) is 23.3 Å². The van der Waals surface area contributed by atoms with Crippen LogP contribution in [0.1, 0.15) is 28.3 Å². The Morgan fingerprint density at radius 1 is 0.875 bits per heavy atom. The summed E-state index contributed by atoms with van der Waals surface area (Å²) in [5.41, 5.74) is 7.44. The monoisotopic (exact) mass is 332 g/mol. The van der Waals surface area contributed by atoms with Gasteiger partial charge in [-0.3, -0.25) is 5.10 Å². The number of nitrogen functional groups attached to an aromatic ring is 1. The van der Waals surface area contributed by atoms with Gasteiger partial charge in [0, 0.05) is 18.5 Å². The molecular formula is C17H15F3N4. The lowest BCUT2D eigenvalue weighted by atomic mass is 10.1. The molecule has 7 heteroatoms. The van der Waals surface area contributed by atoms with Crippen LogP contribution in [0.4, 0.5) is 18.9 Å². The van der Waals surface area contributed by atoms with E-state index in [4.69, 9.17) is 5.73 Å². The molecule has 24 heavy (non-hydrogen) atoms. The third-order valence-corrected chi connectivity index (χ3v) is 3.57. The minimum Gasteiger partial charge on any atom is -0.399 e. The second-order valence-corrected chi connectivity index (χ2v) is 5.49. The standard InChI is InChI=1S/C17H15F3N4/c18-17(19,20)13-5-1-11(2-6-13)9-15-22-16(24-23-15)10-12-3-7-14(21)8-4-12/h1-8H,9-10,21H2,(H,22,23,24). The molecule has 0 saturated carbocycles. The van der Waals surface area contributed by atoms with Gasteiger partial charge in [-0.1, -0.05) is 24.3 Å². The number of nitrogens with one attached hydrogen (secondary N) is 1. The number of halogens is 3. The summed E-state index contributed by atoms with van der Waals surface area (Å²) in [5, 5.41) is 6.97. The third kappa shape index (κ3) is 3.92. The summed E-state index contributed by atoms with van der Waals surface area (Å²) >= 11 is 0. The fourth-order valence-electron chi connectivity index (χ4n) is 2.32. The third-order valence-electron chi connectivity index (χ3n) is 3.57. The summed E-state index contributed by atoms with van der Waals surface area (Å²) in [6.45, 7) is 0. The van der Waals surface area contributed by atoms with E-state index in [2.05, 4.69) is 15.2 Å². The Morgan fingerprint density at radius 3 is 2.08 bits per heavy atom. The largest absolute Gasteiger partial charge is 0.416 e. The number of hydrogen-bond donors (Lipinski definition) is 2. The Balaban J connectivity index is 1.66. The van der Waals surface area contributed by atoms with Crippen LogP contribution < -0.4 is 5.73 Å². The van der Waals surface area contributed by atoms with Crippen molar-refractivity contribution in [3.63, 3.8) is 0 Å². The molecule has 3 aromatic rings. The highest BCUT2D eigenvalue weighted by molar-refractivity contribution is 5.39. The molecule has 0 atom stereocenters. The van der Waals surface area contributed by atoms with Gasteiger partial charge in [0.25, 0.3) is 0 Å². The molecule has 1 aromatic heterocycles. The molecule has 0 amide bonds. The van der Waals surface area contributed by atoms with E-state index in [1.54, 1.807) is 0 Å². The molecule has 0 saturated heterocycles. The summed E-state index contributed by atoms with van der Waals surface area (Å²) < 4.78 is 37.6. The zero-order valence-corrected chi connectivity index (χ0v) is 12.6. The molecule has 3 rings (SSSR count). The summed E-state index contributed by atoms with van der Waals surface area (Å²) in [4.78, 5) is 4.37. The number of aromatic nitrogens is 3. The molecule has 0 bridgehead atoms. The Morgan fingerprint density at radius 2 is 1.46 bits per heavy atom. The van der Waals surface area contributed by atoms with Crippen molar-refractivity contribution in [2.24, 2.45) is 0 Å². The molecule has 0 unspecified atom stereocenters. The first-order valence-corrected chi connectivity index (χ1v) is 7.31. The van der Waals surface area contributed by atoms with Crippen LogP contribution in [-0.4, -0.2) is 15.2 Å². The second kappa shape index (κ2) is 6.35. The van der Waals surface area contributed by atoms with Crippen molar-refractivity contribution in [3.05, 3.63) is 76.9 Å². The van der Waals surface area contributed by atoms with Gasteiger partial charge in [-0.15, -0.1) is 0 Å². The van der Waals surface area contributed by atoms with E-state index >= 15 is 0 Å². The van der Waals surface area contributed by atoms with Gasteiger partial charge >= 0.3 is 6.18 Å². The molecule has 0 spiro atoms. The maximum absolute atomic E-state index is 12.5. The van der Waals surface area contributed by atoms with Crippen molar-refractivity contribution in [1.29, 1.82) is 0 Å². The van der Waals surface area contributed by atoms with Gasteiger partial charge in [0.15, 0.2) is 5.82 Å². The first-order chi connectivity index (χ1) is 11.4. The fraction of sp³-hybridized carbons (Fsp3) is 0.176. The molecule has 0 fully saturated rings. The maximum Gasteiger partial charge on any atom is 0.416 e. The number of nitrogens with two attached hydrogens (primary N) is 1. The van der Waals surface area contributed by atoms with E-state index in [0.29, 0.717) is 30.2 Å². The predicted octanol–water partition coefficient (Wildman–Crippen LogP) is 3.59. The van der Waals surface area contributed by atoms with Crippen molar-refractivity contribution >= 4 is 5.69 Å². The molecule has 124 valence electrons. The van der Waals surface area contributed by atoms with Crippen LogP contribution in [0.25, 0.3) is 0 Å². The highest BCUT2D eigenvalue weighted by Gasteiger charge is 2.29. The second-order valence-electron chi connectivity index (χ2n) is 5.49. The number of H-pyrrole nitrogens is 1. The zero-order chi connectivity index (χ0) is 17.2. The van der Waals surface area contributed by atoms with Gasteiger partial charge < -0.3 is 5.73 Å². The molecule has 0 aliphatic carbocycles. The van der Waals surface area contributed by atoms with Gasteiger partial charge in [0.2, 0.25) is 0 Å². The van der Waals surface area contributed by atoms with Gasteiger partial charge in [-0.25, -0.2) is 4.98 Å². The van der Waals surface area contributed by atoms with Crippen molar-refractivity contribution in [1.82, 2.24) is 15.2 Å². The molecule has 0 aliphatic heterocycles. The van der Waals surface area contributed by atoms with E-state index in [1.165, 1.54) is 12.1 Å². The highest BCUT2D eigenvalue weighted by Crippen LogP contribution is 2.29. The number of hydrogen-bond acceptors (Lipinski definition) is 3. The maximum atomic E-state index is 12.5. The first-order valence-electron chi connectivity index (χ1n) is 7.31. The average Bonchev–Trinajstić information content (AvgIpc) is 2.96. The quantitative estimate of drug-likeness (QED) is 0.718. The minimum atomic E-state index is -4.32. The first kappa shape index (κ1) is 16.0.